The summed E-state index contributed by atoms with van der Waals surface area (Å²) in [5.74, 6) is 0. The molecule has 0 spiro atoms. The van der Waals surface area contributed by atoms with Gasteiger partial charge in [-0.15, -0.1) is 12.8 Å². The van der Waals surface area contributed by atoms with Crippen molar-refractivity contribution in [2.75, 3.05) is 0 Å². The predicted octanol–water partition coefficient (Wildman–Crippen LogP) is 3.67. The fourth-order valence-corrected chi connectivity index (χ4v) is 1.22. The molecule has 0 nitrogen and oxygen atoms in total. The molecule has 0 amide bonds. The maximum absolute atomic E-state index is 4.00. The molecule has 0 aromatic heterocycles. The molecule has 0 atom stereocenters. The summed E-state index contributed by atoms with van der Waals surface area (Å²) < 4.78 is 0. The molecule has 0 aliphatic heterocycles. The number of unbranched alkanes of at least 4 members (excludes halogenated alkanes) is 2. The normalized spacial score (nSPS) is 8.54. The molecule has 0 bridgehead atoms. The van der Waals surface area contributed by atoms with Gasteiger partial charge in [-0.1, -0.05) is 50.1 Å². The SMILES string of the molecule is C#C.CCCCCc1ccccc1. The number of hydrogen-bond acceptors (Lipinski definition) is 0. The highest BCUT2D eigenvalue weighted by Crippen LogP contribution is 2.05. The number of hydrogen-bond donors (Lipinski definition) is 0. The third-order valence-electron chi connectivity index (χ3n) is 1.91. The highest BCUT2D eigenvalue weighted by molar-refractivity contribution is 5.14. The maximum atomic E-state index is 4.00. The van der Waals surface area contributed by atoms with E-state index in [2.05, 4.69) is 50.1 Å². The van der Waals surface area contributed by atoms with Crippen LogP contribution in [0.2, 0.25) is 0 Å². The van der Waals surface area contributed by atoms with Crippen LogP contribution < -0.4 is 0 Å². The lowest BCUT2D eigenvalue weighted by atomic mass is 10.1. The van der Waals surface area contributed by atoms with Crippen molar-refractivity contribution in [2.45, 2.75) is 32.6 Å². The van der Waals surface area contributed by atoms with Crippen LogP contribution in [0.25, 0.3) is 0 Å². The van der Waals surface area contributed by atoms with Crippen LogP contribution in [0.3, 0.4) is 0 Å². The first-order valence-corrected chi connectivity index (χ1v) is 4.80. The van der Waals surface area contributed by atoms with Gasteiger partial charge in [0.1, 0.15) is 0 Å². The van der Waals surface area contributed by atoms with Gasteiger partial charge < -0.3 is 0 Å². The van der Waals surface area contributed by atoms with E-state index in [1.54, 1.807) is 0 Å². The second kappa shape index (κ2) is 8.87. The van der Waals surface area contributed by atoms with Gasteiger partial charge in [0.25, 0.3) is 0 Å². The van der Waals surface area contributed by atoms with Gasteiger partial charge in [0, 0.05) is 0 Å². The summed E-state index contributed by atoms with van der Waals surface area (Å²) in [6.07, 6.45) is 13.2. The van der Waals surface area contributed by atoms with Crippen molar-refractivity contribution in [3.8, 4) is 12.8 Å². The van der Waals surface area contributed by atoms with E-state index in [0.717, 1.165) is 0 Å². The Balaban J connectivity index is 0.000000671. The second-order valence-electron chi connectivity index (χ2n) is 2.94. The quantitative estimate of drug-likeness (QED) is 0.482. The summed E-state index contributed by atoms with van der Waals surface area (Å²) in [6, 6.07) is 10.7. The van der Waals surface area contributed by atoms with Crippen LogP contribution in [-0.4, -0.2) is 0 Å². The van der Waals surface area contributed by atoms with Gasteiger partial charge in [0.05, 0.1) is 0 Å². The van der Waals surface area contributed by atoms with Gasteiger partial charge in [-0.3, -0.25) is 0 Å². The molecule has 13 heavy (non-hydrogen) atoms. The summed E-state index contributed by atoms with van der Waals surface area (Å²) in [6.45, 7) is 2.24. The van der Waals surface area contributed by atoms with Crippen molar-refractivity contribution in [3.05, 3.63) is 35.9 Å². The Labute approximate surface area is 82.0 Å². The third kappa shape index (κ3) is 5.99. The molecule has 0 aliphatic rings. The van der Waals surface area contributed by atoms with Gasteiger partial charge in [0.15, 0.2) is 0 Å². The first-order chi connectivity index (χ1) is 6.43. The Kier molecular flexibility index (Phi) is 8.04. The van der Waals surface area contributed by atoms with Crippen LogP contribution in [0.1, 0.15) is 31.7 Å². The Morgan fingerprint density at radius 3 is 2.15 bits per heavy atom. The van der Waals surface area contributed by atoms with Crippen LogP contribution in [0.15, 0.2) is 30.3 Å². The van der Waals surface area contributed by atoms with Crippen LogP contribution in [0.5, 0.6) is 0 Å². The highest BCUT2D eigenvalue weighted by Gasteiger charge is 1.89. The maximum Gasteiger partial charge on any atom is -0.0279 e. The van der Waals surface area contributed by atoms with E-state index in [9.17, 15) is 0 Å². The van der Waals surface area contributed by atoms with Crippen molar-refractivity contribution in [1.82, 2.24) is 0 Å². The molecule has 0 unspecified atom stereocenters. The predicted molar refractivity (Wildman–Crippen MR) is 59.6 cm³/mol. The lowest BCUT2D eigenvalue weighted by Crippen LogP contribution is -1.83. The molecule has 0 heteroatoms. The fraction of sp³-hybridized carbons (Fsp3) is 0.385. The zero-order valence-electron chi connectivity index (χ0n) is 8.37. The van der Waals surface area contributed by atoms with Gasteiger partial charge in [0.2, 0.25) is 0 Å². The average molecular weight is 174 g/mol. The fourth-order valence-electron chi connectivity index (χ4n) is 1.22. The molecule has 0 saturated carbocycles. The zero-order chi connectivity index (χ0) is 9.94. The lowest BCUT2D eigenvalue weighted by molar-refractivity contribution is 0.717. The largest absolute Gasteiger partial charge is 0.124 e. The molecular weight excluding hydrogens is 156 g/mol. The molecular formula is C13H18. The van der Waals surface area contributed by atoms with E-state index in [1.165, 1.54) is 31.2 Å². The Hall–Kier alpha value is -1.22. The number of terminal acetylenes is 1. The van der Waals surface area contributed by atoms with Gasteiger partial charge in [-0.2, -0.15) is 0 Å². The Morgan fingerprint density at radius 1 is 1.00 bits per heavy atom. The van der Waals surface area contributed by atoms with Gasteiger partial charge in [-0.05, 0) is 18.4 Å². The summed E-state index contributed by atoms with van der Waals surface area (Å²) in [7, 11) is 0. The molecule has 0 saturated heterocycles. The first kappa shape index (κ1) is 11.8. The molecule has 0 aliphatic carbocycles. The first-order valence-electron chi connectivity index (χ1n) is 4.80. The third-order valence-corrected chi connectivity index (χ3v) is 1.91. The molecule has 1 aromatic carbocycles. The van der Waals surface area contributed by atoms with E-state index in [-0.39, 0.29) is 0 Å². The van der Waals surface area contributed by atoms with Gasteiger partial charge in [-0.25, -0.2) is 0 Å². The minimum atomic E-state index is 1.24. The standard InChI is InChI=1S/C11H16.C2H2/c1-2-3-5-8-11-9-6-4-7-10-11;1-2/h4,6-7,9-10H,2-3,5,8H2,1H3;1-2H. The monoisotopic (exact) mass is 174 g/mol. The minimum absolute atomic E-state index is 1.24. The van der Waals surface area contributed by atoms with E-state index >= 15 is 0 Å². The Morgan fingerprint density at radius 2 is 1.62 bits per heavy atom. The molecule has 1 rings (SSSR count). The van der Waals surface area contributed by atoms with Crippen LogP contribution in [0.4, 0.5) is 0 Å². The van der Waals surface area contributed by atoms with Crippen LogP contribution >= 0.6 is 0 Å². The van der Waals surface area contributed by atoms with Crippen molar-refractivity contribution in [3.63, 3.8) is 0 Å². The average Bonchev–Trinajstić information content (AvgIpc) is 2.23. The molecule has 1 aromatic rings. The topological polar surface area (TPSA) is 0 Å². The number of aryl methyl sites for hydroxylation is 1. The Bertz CT molecular complexity index is 208. The van der Waals surface area contributed by atoms with E-state index < -0.39 is 0 Å². The molecule has 0 heterocycles. The smallest absolute Gasteiger partial charge is 0.0279 e. The van der Waals surface area contributed by atoms with Gasteiger partial charge >= 0.3 is 0 Å². The number of benzene rings is 1. The minimum Gasteiger partial charge on any atom is -0.124 e. The molecule has 0 fully saturated rings. The van der Waals surface area contributed by atoms with E-state index in [4.69, 9.17) is 0 Å². The van der Waals surface area contributed by atoms with Crippen molar-refractivity contribution < 1.29 is 0 Å². The molecule has 70 valence electrons. The van der Waals surface area contributed by atoms with Crippen molar-refractivity contribution in [2.24, 2.45) is 0 Å². The summed E-state index contributed by atoms with van der Waals surface area (Å²) in [5.41, 5.74) is 1.47. The summed E-state index contributed by atoms with van der Waals surface area (Å²) >= 11 is 0. The van der Waals surface area contributed by atoms with E-state index in [1.807, 2.05) is 0 Å². The summed E-state index contributed by atoms with van der Waals surface area (Å²) in [5, 5.41) is 0. The van der Waals surface area contributed by atoms with Crippen LogP contribution in [0, 0.1) is 12.8 Å². The van der Waals surface area contributed by atoms with Crippen LogP contribution in [-0.2, 0) is 6.42 Å². The van der Waals surface area contributed by atoms with E-state index in [0.29, 0.717) is 0 Å². The lowest BCUT2D eigenvalue weighted by Gasteiger charge is -1.98. The number of rotatable bonds is 4. The molecule has 0 N–H and O–H groups in total. The second-order valence-corrected chi connectivity index (χ2v) is 2.94. The van der Waals surface area contributed by atoms with Crippen molar-refractivity contribution >= 4 is 0 Å². The highest BCUT2D eigenvalue weighted by atomic mass is 13.9. The molecule has 0 radical (unpaired) electrons. The van der Waals surface area contributed by atoms with Crippen molar-refractivity contribution in [1.29, 1.82) is 0 Å². The zero-order valence-corrected chi connectivity index (χ0v) is 8.37. The summed E-state index contributed by atoms with van der Waals surface area (Å²) in [4.78, 5) is 0.